The monoisotopic (exact) mass is 256 g/mol. The van der Waals surface area contributed by atoms with E-state index in [1.54, 1.807) is 0 Å². The van der Waals surface area contributed by atoms with Crippen molar-refractivity contribution in [3.05, 3.63) is 42.0 Å². The topological polar surface area (TPSA) is 9.23 Å². The number of ether oxygens (including phenoxy) is 1. The van der Waals surface area contributed by atoms with Crippen molar-refractivity contribution in [3.8, 4) is 5.75 Å². The van der Waals surface area contributed by atoms with Crippen LogP contribution in [0.4, 0.5) is 13.2 Å². The molecule has 0 spiro atoms. The molecule has 0 N–H and O–H groups in total. The van der Waals surface area contributed by atoms with Gasteiger partial charge in [-0.3, -0.25) is 0 Å². The Morgan fingerprint density at radius 3 is 2.11 bits per heavy atom. The van der Waals surface area contributed by atoms with Crippen molar-refractivity contribution in [2.24, 2.45) is 0 Å². The number of allylic oxidation sites excluding steroid dienone is 1. The molecule has 0 aromatic heterocycles. The first-order valence-electron chi connectivity index (χ1n) is 5.96. The first-order valence-corrected chi connectivity index (χ1v) is 5.96. The molecule has 0 saturated heterocycles. The average molecular weight is 256 g/mol. The van der Waals surface area contributed by atoms with Gasteiger partial charge in [0.1, 0.15) is 5.75 Å². The van der Waals surface area contributed by atoms with Crippen LogP contribution in [0.5, 0.6) is 5.75 Å². The molecule has 0 bridgehead atoms. The largest absolute Gasteiger partial charge is 0.490 e. The maximum atomic E-state index is 12.4. The molecular weight excluding hydrogens is 241 g/mol. The van der Waals surface area contributed by atoms with Gasteiger partial charge in [0.25, 0.3) is 0 Å². The molecule has 1 saturated carbocycles. The van der Waals surface area contributed by atoms with Gasteiger partial charge in [-0.25, -0.2) is 0 Å². The first-order chi connectivity index (χ1) is 8.45. The lowest BCUT2D eigenvalue weighted by Gasteiger charge is -2.24. The lowest BCUT2D eigenvalue weighted by molar-refractivity contribution is -0.137. The fourth-order valence-electron chi connectivity index (χ4n) is 2.03. The third-order valence-electron chi connectivity index (χ3n) is 3.12. The molecule has 0 radical (unpaired) electrons. The van der Waals surface area contributed by atoms with Crippen LogP contribution in [0.25, 0.3) is 0 Å². The van der Waals surface area contributed by atoms with Gasteiger partial charge in [-0.05, 0) is 49.9 Å². The van der Waals surface area contributed by atoms with Crippen molar-refractivity contribution in [1.82, 2.24) is 0 Å². The molecule has 0 atom stereocenters. The molecule has 4 heteroatoms. The molecule has 0 unspecified atom stereocenters. The maximum absolute atomic E-state index is 12.4. The third-order valence-corrected chi connectivity index (χ3v) is 3.12. The van der Waals surface area contributed by atoms with E-state index in [0.29, 0.717) is 5.75 Å². The molecule has 1 nitrogen and oxygen atoms in total. The molecule has 1 aliphatic rings. The smallest absolute Gasteiger partial charge is 0.416 e. The Labute approximate surface area is 104 Å². The van der Waals surface area contributed by atoms with Crippen LogP contribution in [-0.2, 0) is 6.18 Å². The zero-order valence-electron chi connectivity index (χ0n) is 9.96. The van der Waals surface area contributed by atoms with E-state index >= 15 is 0 Å². The van der Waals surface area contributed by atoms with Crippen LogP contribution >= 0.6 is 0 Å². The van der Waals surface area contributed by atoms with Gasteiger partial charge in [0, 0.05) is 0 Å². The summed E-state index contributed by atoms with van der Waals surface area (Å²) in [4.78, 5) is 0. The first kappa shape index (κ1) is 13.0. The SMILES string of the molecule is C=C1CCC(Oc2ccc(C(F)(F)F)cc2)CC1. The van der Waals surface area contributed by atoms with Crippen LogP contribution in [0, 0.1) is 0 Å². The van der Waals surface area contributed by atoms with Crippen molar-refractivity contribution in [2.45, 2.75) is 38.0 Å². The van der Waals surface area contributed by atoms with Crippen molar-refractivity contribution >= 4 is 0 Å². The molecule has 0 heterocycles. The highest BCUT2D eigenvalue weighted by atomic mass is 19.4. The van der Waals surface area contributed by atoms with Crippen molar-refractivity contribution in [3.63, 3.8) is 0 Å². The Morgan fingerprint density at radius 1 is 1.06 bits per heavy atom. The lowest BCUT2D eigenvalue weighted by Crippen LogP contribution is -2.20. The Balaban J connectivity index is 1.96. The Hall–Kier alpha value is -1.45. The molecule has 18 heavy (non-hydrogen) atoms. The second-order valence-corrected chi connectivity index (χ2v) is 4.59. The molecular formula is C14H15F3O. The Morgan fingerprint density at radius 2 is 1.61 bits per heavy atom. The summed E-state index contributed by atoms with van der Waals surface area (Å²) >= 11 is 0. The predicted molar refractivity (Wildman–Crippen MR) is 63.5 cm³/mol. The molecule has 0 aliphatic heterocycles. The molecule has 98 valence electrons. The van der Waals surface area contributed by atoms with Crippen molar-refractivity contribution in [2.75, 3.05) is 0 Å². The Kier molecular flexibility index (Phi) is 3.64. The van der Waals surface area contributed by atoms with Crippen LogP contribution in [-0.4, -0.2) is 6.10 Å². The zero-order valence-corrected chi connectivity index (χ0v) is 9.96. The summed E-state index contributed by atoms with van der Waals surface area (Å²) in [6.45, 7) is 3.91. The number of rotatable bonds is 2. The second kappa shape index (κ2) is 5.04. The number of alkyl halides is 3. The summed E-state index contributed by atoms with van der Waals surface area (Å²) in [5.74, 6) is 0.500. The fourth-order valence-corrected chi connectivity index (χ4v) is 2.03. The maximum Gasteiger partial charge on any atom is 0.416 e. The van der Waals surface area contributed by atoms with Gasteiger partial charge in [0.05, 0.1) is 11.7 Å². The van der Waals surface area contributed by atoms with Gasteiger partial charge in [0.15, 0.2) is 0 Å². The summed E-state index contributed by atoms with van der Waals surface area (Å²) in [6, 6.07) is 4.87. The zero-order chi connectivity index (χ0) is 13.2. The summed E-state index contributed by atoms with van der Waals surface area (Å²) in [7, 11) is 0. The highest BCUT2D eigenvalue weighted by molar-refractivity contribution is 5.29. The van der Waals surface area contributed by atoms with Gasteiger partial charge in [-0.1, -0.05) is 12.2 Å². The Bertz CT molecular complexity index is 410. The number of hydrogen-bond acceptors (Lipinski definition) is 1. The van der Waals surface area contributed by atoms with Crippen LogP contribution in [0.15, 0.2) is 36.4 Å². The van der Waals surface area contributed by atoms with Crippen LogP contribution in [0.2, 0.25) is 0 Å². The van der Waals surface area contributed by atoms with E-state index in [9.17, 15) is 13.2 Å². The predicted octanol–water partition coefficient (Wildman–Crippen LogP) is 4.58. The van der Waals surface area contributed by atoms with Gasteiger partial charge in [0.2, 0.25) is 0 Å². The van der Waals surface area contributed by atoms with E-state index in [-0.39, 0.29) is 6.10 Å². The van der Waals surface area contributed by atoms with Gasteiger partial charge in [-0.2, -0.15) is 13.2 Å². The van der Waals surface area contributed by atoms with E-state index in [1.807, 2.05) is 0 Å². The average Bonchev–Trinajstić information content (AvgIpc) is 2.32. The molecule has 1 aromatic rings. The highest BCUT2D eigenvalue weighted by Crippen LogP contribution is 2.31. The number of hydrogen-bond donors (Lipinski definition) is 0. The van der Waals surface area contributed by atoms with Crippen molar-refractivity contribution in [1.29, 1.82) is 0 Å². The van der Waals surface area contributed by atoms with Gasteiger partial charge in [-0.15, -0.1) is 0 Å². The van der Waals surface area contributed by atoms with E-state index in [0.717, 1.165) is 37.8 Å². The third kappa shape index (κ3) is 3.28. The van der Waals surface area contributed by atoms with Crippen LogP contribution < -0.4 is 4.74 Å². The summed E-state index contributed by atoms with van der Waals surface area (Å²) in [5, 5.41) is 0. The standard InChI is InChI=1S/C14H15F3O/c1-10-2-6-12(7-3-10)18-13-8-4-11(5-9-13)14(15,16)17/h4-5,8-9,12H,1-3,6-7H2. The molecule has 0 amide bonds. The van der Waals surface area contributed by atoms with Crippen LogP contribution in [0.1, 0.15) is 31.2 Å². The highest BCUT2D eigenvalue weighted by Gasteiger charge is 2.30. The minimum absolute atomic E-state index is 0.0900. The molecule has 1 fully saturated rings. The molecule has 2 rings (SSSR count). The summed E-state index contributed by atoms with van der Waals surface area (Å²) in [5.41, 5.74) is 0.578. The van der Waals surface area contributed by atoms with E-state index < -0.39 is 11.7 Å². The fraction of sp³-hybridized carbons (Fsp3) is 0.429. The quantitative estimate of drug-likeness (QED) is 0.703. The minimum Gasteiger partial charge on any atom is -0.490 e. The summed E-state index contributed by atoms with van der Waals surface area (Å²) in [6.07, 6.45) is -0.551. The number of halogens is 3. The normalized spacial score (nSPS) is 17.8. The second-order valence-electron chi connectivity index (χ2n) is 4.59. The van der Waals surface area contributed by atoms with E-state index in [1.165, 1.54) is 17.7 Å². The van der Waals surface area contributed by atoms with Crippen molar-refractivity contribution < 1.29 is 17.9 Å². The van der Waals surface area contributed by atoms with Crippen LogP contribution in [0.3, 0.4) is 0 Å². The van der Waals surface area contributed by atoms with Gasteiger partial charge < -0.3 is 4.74 Å². The molecule has 1 aliphatic carbocycles. The minimum atomic E-state index is -4.29. The van der Waals surface area contributed by atoms with E-state index in [2.05, 4.69) is 6.58 Å². The number of benzene rings is 1. The molecule has 1 aromatic carbocycles. The lowest BCUT2D eigenvalue weighted by atomic mass is 9.94. The van der Waals surface area contributed by atoms with E-state index in [4.69, 9.17) is 4.74 Å². The van der Waals surface area contributed by atoms with Gasteiger partial charge >= 0.3 is 6.18 Å². The summed E-state index contributed by atoms with van der Waals surface area (Å²) < 4.78 is 42.8.